The number of aromatic nitrogens is 2. The van der Waals surface area contributed by atoms with E-state index in [1.54, 1.807) is 0 Å². The number of piperazine rings is 1. The Bertz CT molecular complexity index is 421. The van der Waals surface area contributed by atoms with Crippen molar-refractivity contribution in [3.05, 3.63) is 11.8 Å². The van der Waals surface area contributed by atoms with Gasteiger partial charge in [-0.2, -0.15) is 4.98 Å². The molecular weight excluding hydrogens is 226 g/mol. The lowest BCUT2D eigenvalue weighted by Gasteiger charge is -2.32. The summed E-state index contributed by atoms with van der Waals surface area (Å²) in [6.45, 7) is 4.22. The Morgan fingerprint density at radius 2 is 1.89 bits per heavy atom. The summed E-state index contributed by atoms with van der Waals surface area (Å²) in [5, 5.41) is 3.15. The van der Waals surface area contributed by atoms with Gasteiger partial charge in [-0.3, -0.25) is 0 Å². The van der Waals surface area contributed by atoms with Crippen LogP contribution in [0, 0.1) is 0 Å². The lowest BCUT2D eigenvalue weighted by molar-refractivity contribution is 0.311. The van der Waals surface area contributed by atoms with Crippen LogP contribution >= 0.6 is 0 Å². The van der Waals surface area contributed by atoms with Crippen LogP contribution in [0.2, 0.25) is 0 Å². The fraction of sp³-hybridized carbons (Fsp3) is 0.692. The Hall–Kier alpha value is -1.36. The second kappa shape index (κ2) is 4.72. The molecule has 0 amide bonds. The maximum absolute atomic E-state index is 4.75. The first kappa shape index (κ1) is 11.7. The van der Waals surface area contributed by atoms with Crippen LogP contribution in [0.25, 0.3) is 0 Å². The molecule has 5 heteroatoms. The summed E-state index contributed by atoms with van der Waals surface area (Å²) in [7, 11) is 4.09. The molecule has 0 bridgehead atoms. The molecule has 1 N–H and O–H groups in total. The molecule has 0 aromatic carbocycles. The first-order valence-corrected chi connectivity index (χ1v) is 6.76. The molecule has 98 valence electrons. The zero-order valence-corrected chi connectivity index (χ0v) is 11.2. The highest BCUT2D eigenvalue weighted by Crippen LogP contribution is 2.40. The van der Waals surface area contributed by atoms with E-state index in [1.807, 2.05) is 7.05 Å². The smallest absolute Gasteiger partial charge is 0.227 e. The summed E-state index contributed by atoms with van der Waals surface area (Å²) in [6.07, 6.45) is 2.56. The number of nitrogens with one attached hydrogen (secondary N) is 1. The molecule has 2 fully saturated rings. The Morgan fingerprint density at radius 1 is 1.17 bits per heavy atom. The van der Waals surface area contributed by atoms with Gasteiger partial charge in [0.25, 0.3) is 0 Å². The number of hydrogen-bond donors (Lipinski definition) is 1. The summed E-state index contributed by atoms with van der Waals surface area (Å²) in [5.74, 6) is 2.52. The summed E-state index contributed by atoms with van der Waals surface area (Å²) < 4.78 is 0. The van der Waals surface area contributed by atoms with Crippen molar-refractivity contribution in [3.8, 4) is 0 Å². The summed E-state index contributed by atoms with van der Waals surface area (Å²) in [6, 6.07) is 2.09. The van der Waals surface area contributed by atoms with E-state index in [4.69, 9.17) is 4.98 Å². The van der Waals surface area contributed by atoms with Gasteiger partial charge in [-0.25, -0.2) is 4.98 Å². The summed E-state index contributed by atoms with van der Waals surface area (Å²) in [4.78, 5) is 14.0. The molecule has 1 saturated heterocycles. The van der Waals surface area contributed by atoms with Gasteiger partial charge in [-0.15, -0.1) is 0 Å². The van der Waals surface area contributed by atoms with Gasteiger partial charge in [0.15, 0.2) is 0 Å². The molecule has 5 nitrogen and oxygen atoms in total. The van der Waals surface area contributed by atoms with Gasteiger partial charge in [-0.05, 0) is 19.9 Å². The highest BCUT2D eigenvalue weighted by Gasteiger charge is 2.27. The third kappa shape index (κ3) is 2.41. The fourth-order valence-corrected chi connectivity index (χ4v) is 2.32. The zero-order chi connectivity index (χ0) is 12.5. The maximum Gasteiger partial charge on any atom is 0.227 e. The second-order valence-corrected chi connectivity index (χ2v) is 5.29. The van der Waals surface area contributed by atoms with Crippen molar-refractivity contribution >= 4 is 11.8 Å². The van der Waals surface area contributed by atoms with E-state index in [1.165, 1.54) is 18.5 Å². The van der Waals surface area contributed by atoms with Crippen LogP contribution < -0.4 is 10.2 Å². The number of anilines is 2. The Labute approximate surface area is 108 Å². The van der Waals surface area contributed by atoms with E-state index >= 15 is 0 Å². The molecule has 1 aliphatic heterocycles. The first-order chi connectivity index (χ1) is 8.76. The SMILES string of the molecule is CNc1cc(C2CC2)nc(N2CCN(C)CC2)n1. The van der Waals surface area contributed by atoms with Gasteiger partial charge in [0.2, 0.25) is 5.95 Å². The molecule has 2 heterocycles. The Balaban J connectivity index is 1.83. The molecule has 2 aliphatic rings. The lowest BCUT2D eigenvalue weighted by atomic mass is 10.2. The van der Waals surface area contributed by atoms with Crippen molar-refractivity contribution in [1.29, 1.82) is 0 Å². The van der Waals surface area contributed by atoms with Crippen LogP contribution in [0.15, 0.2) is 6.07 Å². The standard InChI is InChI=1S/C13H21N5/c1-14-12-9-11(10-3-4-10)15-13(16-12)18-7-5-17(2)6-8-18/h9-10H,3-8H2,1-2H3,(H,14,15,16). The normalized spacial score (nSPS) is 21.1. The molecule has 1 aromatic heterocycles. The summed E-state index contributed by atoms with van der Waals surface area (Å²) >= 11 is 0. The molecule has 1 saturated carbocycles. The minimum atomic E-state index is 0.673. The van der Waals surface area contributed by atoms with Gasteiger partial charge < -0.3 is 15.1 Å². The quantitative estimate of drug-likeness (QED) is 0.868. The second-order valence-electron chi connectivity index (χ2n) is 5.29. The van der Waals surface area contributed by atoms with Crippen LogP contribution in [-0.4, -0.2) is 55.1 Å². The number of hydrogen-bond acceptors (Lipinski definition) is 5. The average molecular weight is 247 g/mol. The molecular formula is C13H21N5. The zero-order valence-electron chi connectivity index (χ0n) is 11.2. The Morgan fingerprint density at radius 3 is 2.50 bits per heavy atom. The topological polar surface area (TPSA) is 44.3 Å². The largest absolute Gasteiger partial charge is 0.373 e. The van der Waals surface area contributed by atoms with Gasteiger partial charge in [0, 0.05) is 45.2 Å². The Kier molecular flexibility index (Phi) is 3.07. The van der Waals surface area contributed by atoms with Crippen molar-refractivity contribution in [3.63, 3.8) is 0 Å². The van der Waals surface area contributed by atoms with Crippen LogP contribution in [0.1, 0.15) is 24.5 Å². The average Bonchev–Trinajstić information content (AvgIpc) is 3.23. The van der Waals surface area contributed by atoms with Gasteiger partial charge in [0.05, 0.1) is 5.69 Å². The van der Waals surface area contributed by atoms with Crippen molar-refractivity contribution in [2.45, 2.75) is 18.8 Å². The molecule has 1 aromatic rings. The van der Waals surface area contributed by atoms with E-state index in [0.717, 1.165) is 37.9 Å². The van der Waals surface area contributed by atoms with Gasteiger partial charge in [-0.1, -0.05) is 0 Å². The van der Waals surface area contributed by atoms with E-state index in [0.29, 0.717) is 5.92 Å². The molecule has 18 heavy (non-hydrogen) atoms. The predicted molar refractivity (Wildman–Crippen MR) is 73.3 cm³/mol. The van der Waals surface area contributed by atoms with Crippen molar-refractivity contribution in [2.75, 3.05) is 50.5 Å². The molecule has 0 atom stereocenters. The maximum atomic E-state index is 4.75. The highest BCUT2D eigenvalue weighted by atomic mass is 15.3. The van der Waals surface area contributed by atoms with Crippen LogP contribution in [-0.2, 0) is 0 Å². The highest BCUT2D eigenvalue weighted by molar-refractivity contribution is 5.45. The van der Waals surface area contributed by atoms with E-state index in [-0.39, 0.29) is 0 Å². The lowest BCUT2D eigenvalue weighted by Crippen LogP contribution is -2.45. The third-order valence-corrected chi connectivity index (χ3v) is 3.77. The number of rotatable bonds is 3. The van der Waals surface area contributed by atoms with Crippen LogP contribution in [0.4, 0.5) is 11.8 Å². The van der Waals surface area contributed by atoms with Gasteiger partial charge in [0.1, 0.15) is 5.82 Å². The molecule has 1 aliphatic carbocycles. The fourth-order valence-electron chi connectivity index (χ4n) is 2.32. The minimum Gasteiger partial charge on any atom is -0.373 e. The molecule has 3 rings (SSSR count). The third-order valence-electron chi connectivity index (χ3n) is 3.77. The predicted octanol–water partition coefficient (Wildman–Crippen LogP) is 1.15. The monoisotopic (exact) mass is 247 g/mol. The van der Waals surface area contributed by atoms with E-state index in [9.17, 15) is 0 Å². The van der Waals surface area contributed by atoms with Crippen LogP contribution in [0.5, 0.6) is 0 Å². The van der Waals surface area contributed by atoms with E-state index < -0.39 is 0 Å². The van der Waals surface area contributed by atoms with Crippen LogP contribution in [0.3, 0.4) is 0 Å². The van der Waals surface area contributed by atoms with E-state index in [2.05, 4.69) is 33.2 Å². The molecule has 0 spiro atoms. The van der Waals surface area contributed by atoms with Crippen molar-refractivity contribution in [2.24, 2.45) is 0 Å². The van der Waals surface area contributed by atoms with Crippen molar-refractivity contribution < 1.29 is 0 Å². The van der Waals surface area contributed by atoms with Gasteiger partial charge >= 0.3 is 0 Å². The molecule has 0 unspecified atom stereocenters. The molecule has 0 radical (unpaired) electrons. The number of nitrogens with zero attached hydrogens (tertiary/aromatic N) is 4. The number of likely N-dealkylation sites (N-methyl/N-ethyl adjacent to an activating group) is 1. The van der Waals surface area contributed by atoms with Crippen molar-refractivity contribution in [1.82, 2.24) is 14.9 Å². The minimum absolute atomic E-state index is 0.673. The first-order valence-electron chi connectivity index (χ1n) is 6.76. The summed E-state index contributed by atoms with van der Waals surface area (Å²) in [5.41, 5.74) is 1.21.